The molecule has 2 rings (SSSR count). The van der Waals surface area contributed by atoms with Gasteiger partial charge in [-0.25, -0.2) is 0 Å². The Kier molecular flexibility index (Phi) is 5.25. The van der Waals surface area contributed by atoms with Gasteiger partial charge in [-0.1, -0.05) is 0 Å². The van der Waals surface area contributed by atoms with Gasteiger partial charge in [0.25, 0.3) is 5.91 Å². The molecule has 0 saturated heterocycles. The van der Waals surface area contributed by atoms with Gasteiger partial charge in [0.05, 0.1) is 11.1 Å². The Morgan fingerprint density at radius 2 is 2.20 bits per heavy atom. The molecule has 1 fully saturated rings. The minimum atomic E-state index is -0.107. The third kappa shape index (κ3) is 4.11. The van der Waals surface area contributed by atoms with Gasteiger partial charge in [-0.2, -0.15) is 0 Å². The van der Waals surface area contributed by atoms with Crippen molar-refractivity contribution in [3.05, 3.63) is 22.2 Å². The average molecular weight is 343 g/mol. The summed E-state index contributed by atoms with van der Waals surface area (Å²) in [6.45, 7) is 2.82. The zero-order valence-corrected chi connectivity index (χ0v) is 13.0. The number of nitrogens with one attached hydrogen (secondary N) is 1. The Morgan fingerprint density at radius 3 is 2.80 bits per heavy atom. The maximum Gasteiger partial charge on any atom is 0.258 e. The molecule has 0 heterocycles. The summed E-state index contributed by atoms with van der Waals surface area (Å²) in [5.74, 6) is 1.03. The highest BCUT2D eigenvalue weighted by Gasteiger charge is 2.23. The van der Waals surface area contributed by atoms with E-state index < -0.39 is 0 Å². The number of hydrogen-bond donors (Lipinski definition) is 2. The van der Waals surface area contributed by atoms with E-state index in [-0.39, 0.29) is 12.5 Å². The van der Waals surface area contributed by atoms with Gasteiger partial charge in [0, 0.05) is 12.6 Å². The number of rotatable bonds is 7. The topological polar surface area (TPSA) is 73.6 Å². The molecular weight excluding hydrogens is 324 g/mol. The molecule has 1 aliphatic rings. The smallest absolute Gasteiger partial charge is 0.258 e. The van der Waals surface area contributed by atoms with Gasteiger partial charge >= 0.3 is 0 Å². The summed E-state index contributed by atoms with van der Waals surface area (Å²) in [4.78, 5) is 11.7. The van der Waals surface area contributed by atoms with E-state index in [1.165, 1.54) is 0 Å². The maximum atomic E-state index is 11.7. The molecule has 1 aliphatic carbocycles. The molecule has 0 aromatic heterocycles. The maximum absolute atomic E-state index is 11.7. The Morgan fingerprint density at radius 1 is 1.45 bits per heavy atom. The zero-order chi connectivity index (χ0) is 14.5. The first-order valence-corrected chi connectivity index (χ1v) is 7.50. The fourth-order valence-electron chi connectivity index (χ4n) is 1.78. The van der Waals surface area contributed by atoms with E-state index in [1.54, 1.807) is 0 Å². The number of hydrogen-bond acceptors (Lipinski definition) is 4. The predicted octanol–water partition coefficient (Wildman–Crippen LogP) is 1.96. The molecular formula is C14H19BrN2O3. The minimum absolute atomic E-state index is 0.0167. The fraction of sp³-hybridized carbons (Fsp3) is 0.500. The van der Waals surface area contributed by atoms with Crippen molar-refractivity contribution in [3.8, 4) is 11.5 Å². The molecule has 1 saturated carbocycles. The largest absolute Gasteiger partial charge is 0.490 e. The summed E-state index contributed by atoms with van der Waals surface area (Å²) < 4.78 is 11.9. The van der Waals surface area contributed by atoms with E-state index >= 15 is 0 Å². The molecule has 0 atom stereocenters. The van der Waals surface area contributed by atoms with E-state index in [1.807, 2.05) is 19.1 Å². The summed E-state index contributed by atoms with van der Waals surface area (Å²) in [6.07, 6.45) is 2.12. The van der Waals surface area contributed by atoms with Crippen LogP contribution >= 0.6 is 15.9 Å². The lowest BCUT2D eigenvalue weighted by atomic mass is 10.2. The molecule has 0 bridgehead atoms. The highest BCUT2D eigenvalue weighted by Crippen LogP contribution is 2.36. The van der Waals surface area contributed by atoms with Crippen LogP contribution in [0, 0.1) is 0 Å². The first-order chi connectivity index (χ1) is 9.63. The van der Waals surface area contributed by atoms with Crippen LogP contribution < -0.4 is 20.5 Å². The molecule has 1 amide bonds. The monoisotopic (exact) mass is 342 g/mol. The van der Waals surface area contributed by atoms with Gasteiger partial charge in [-0.05, 0) is 53.4 Å². The molecule has 0 aliphatic heterocycles. The summed E-state index contributed by atoms with van der Waals surface area (Å²) >= 11 is 3.43. The third-order valence-corrected chi connectivity index (χ3v) is 3.48. The van der Waals surface area contributed by atoms with Crippen LogP contribution in [0.15, 0.2) is 16.6 Å². The van der Waals surface area contributed by atoms with Gasteiger partial charge < -0.3 is 20.5 Å². The van der Waals surface area contributed by atoms with Gasteiger partial charge in [-0.3, -0.25) is 4.79 Å². The van der Waals surface area contributed by atoms with Crippen LogP contribution in [-0.4, -0.2) is 25.2 Å². The van der Waals surface area contributed by atoms with E-state index in [0.717, 1.165) is 22.9 Å². The number of carbonyl (C=O) groups is 1. The summed E-state index contributed by atoms with van der Waals surface area (Å²) in [6, 6.07) is 4.04. The predicted molar refractivity (Wildman–Crippen MR) is 79.9 cm³/mol. The van der Waals surface area contributed by atoms with Crippen molar-refractivity contribution in [1.29, 1.82) is 0 Å². The van der Waals surface area contributed by atoms with Crippen LogP contribution in [0.2, 0.25) is 0 Å². The molecule has 20 heavy (non-hydrogen) atoms. The molecule has 0 spiro atoms. The van der Waals surface area contributed by atoms with Gasteiger partial charge in [0.2, 0.25) is 0 Å². The van der Waals surface area contributed by atoms with Crippen molar-refractivity contribution < 1.29 is 14.3 Å². The molecule has 110 valence electrons. The lowest BCUT2D eigenvalue weighted by Crippen LogP contribution is -2.30. The first kappa shape index (κ1) is 15.1. The van der Waals surface area contributed by atoms with Crippen molar-refractivity contribution in [2.75, 3.05) is 13.2 Å². The Balaban J connectivity index is 2.05. The van der Waals surface area contributed by atoms with Crippen LogP contribution in [-0.2, 0) is 11.3 Å². The summed E-state index contributed by atoms with van der Waals surface area (Å²) in [5, 5.41) is 2.88. The third-order valence-electron chi connectivity index (χ3n) is 2.89. The number of benzene rings is 1. The SMILES string of the molecule is CCOc1cc(CN)cc(Br)c1OCC(=O)NC1CC1. The molecule has 6 heteroatoms. The number of amides is 1. The second-order valence-corrected chi connectivity index (χ2v) is 5.53. The highest BCUT2D eigenvalue weighted by molar-refractivity contribution is 9.10. The number of nitrogens with two attached hydrogens (primary N) is 1. The number of halogens is 1. The lowest BCUT2D eigenvalue weighted by molar-refractivity contribution is -0.123. The van der Waals surface area contributed by atoms with Gasteiger partial charge in [0.15, 0.2) is 18.1 Å². The van der Waals surface area contributed by atoms with Crippen molar-refractivity contribution in [2.24, 2.45) is 5.73 Å². The standard InChI is InChI=1S/C14H19BrN2O3/c1-2-19-12-6-9(7-16)5-11(15)14(12)20-8-13(18)17-10-3-4-10/h5-6,10H,2-4,7-8,16H2,1H3,(H,17,18). The zero-order valence-electron chi connectivity index (χ0n) is 11.4. The number of carbonyl (C=O) groups excluding carboxylic acids is 1. The second-order valence-electron chi connectivity index (χ2n) is 4.67. The Hall–Kier alpha value is -1.27. The minimum Gasteiger partial charge on any atom is -0.490 e. The second kappa shape index (κ2) is 6.95. The first-order valence-electron chi connectivity index (χ1n) is 6.71. The Bertz CT molecular complexity index is 490. The van der Waals surface area contributed by atoms with Crippen LogP contribution in [0.25, 0.3) is 0 Å². The van der Waals surface area contributed by atoms with Crippen molar-refractivity contribution in [3.63, 3.8) is 0 Å². The van der Waals surface area contributed by atoms with Crippen molar-refractivity contribution >= 4 is 21.8 Å². The molecule has 1 aromatic carbocycles. The van der Waals surface area contributed by atoms with Gasteiger partial charge in [-0.15, -0.1) is 0 Å². The van der Waals surface area contributed by atoms with E-state index in [0.29, 0.717) is 30.7 Å². The van der Waals surface area contributed by atoms with Crippen LogP contribution in [0.1, 0.15) is 25.3 Å². The Labute approximate surface area is 126 Å². The van der Waals surface area contributed by atoms with Crippen molar-refractivity contribution in [2.45, 2.75) is 32.4 Å². The normalized spacial score (nSPS) is 13.9. The van der Waals surface area contributed by atoms with E-state index in [4.69, 9.17) is 15.2 Å². The van der Waals surface area contributed by atoms with Crippen LogP contribution in [0.4, 0.5) is 0 Å². The summed E-state index contributed by atoms with van der Waals surface area (Å²) in [7, 11) is 0. The molecule has 0 radical (unpaired) electrons. The van der Waals surface area contributed by atoms with E-state index in [2.05, 4.69) is 21.2 Å². The van der Waals surface area contributed by atoms with Crippen molar-refractivity contribution in [1.82, 2.24) is 5.32 Å². The van der Waals surface area contributed by atoms with Gasteiger partial charge in [0.1, 0.15) is 0 Å². The lowest BCUT2D eigenvalue weighted by Gasteiger charge is -2.15. The van der Waals surface area contributed by atoms with Crippen LogP contribution in [0.5, 0.6) is 11.5 Å². The molecule has 0 unspecified atom stereocenters. The molecule has 3 N–H and O–H groups in total. The highest BCUT2D eigenvalue weighted by atomic mass is 79.9. The fourth-order valence-corrected chi connectivity index (χ4v) is 2.38. The van der Waals surface area contributed by atoms with Crippen LogP contribution in [0.3, 0.4) is 0 Å². The molecule has 1 aromatic rings. The average Bonchev–Trinajstić information content (AvgIpc) is 3.21. The molecule has 5 nitrogen and oxygen atoms in total. The van der Waals surface area contributed by atoms with E-state index in [9.17, 15) is 4.79 Å². The summed E-state index contributed by atoms with van der Waals surface area (Å²) in [5.41, 5.74) is 6.58. The number of ether oxygens (including phenoxy) is 2. The quantitative estimate of drug-likeness (QED) is 0.794.